The Morgan fingerprint density at radius 2 is 1.72 bits per heavy atom. The molecule has 1 aliphatic rings. The van der Waals surface area contributed by atoms with Crippen LogP contribution in [-0.2, 0) is 35.3 Å². The summed E-state index contributed by atoms with van der Waals surface area (Å²) in [4.78, 5) is 38.1. The molecule has 2 N–H and O–H groups in total. The molecule has 0 radical (unpaired) electrons. The van der Waals surface area contributed by atoms with E-state index in [9.17, 15) is 22.8 Å². The van der Waals surface area contributed by atoms with E-state index in [-0.39, 0.29) is 28.7 Å². The second kappa shape index (κ2) is 10.4. The quantitative estimate of drug-likeness (QED) is 0.501. The molecule has 0 unspecified atom stereocenters. The number of sulfonamides is 1. The molecule has 9 nitrogen and oxygen atoms in total. The highest BCUT2D eigenvalue weighted by Crippen LogP contribution is 2.24. The summed E-state index contributed by atoms with van der Waals surface area (Å²) in [5.41, 5.74) is 0.0547. The van der Waals surface area contributed by atoms with Gasteiger partial charge in [0.2, 0.25) is 15.9 Å². The average Bonchev–Trinajstić information content (AvgIpc) is 2.87. The van der Waals surface area contributed by atoms with Gasteiger partial charge in [0.1, 0.15) is 6.04 Å². The molecule has 4 rings (SSSR count). The Kier molecular flexibility index (Phi) is 7.46. The number of nitrogens with zero attached hydrogens (tertiary/aromatic N) is 2. The standard InChI is InChI=1S/C26H32N4O5S/c1-17-9-7-8-12-21(17)27-24(31)22(15-18-10-5-4-6-11-18)28-36(34,35)19-13-14-23-20(16-19)25(32)30(3)26(33)29(23)2/h4-6,10-11,13-14,16-17,21-22,28H,7-9,12,15H2,1-3H3,(H,27,31)/t17-,21+,22+/m1/s1. The number of aromatic nitrogens is 2. The van der Waals surface area contributed by atoms with Crippen molar-refractivity contribution in [3.8, 4) is 0 Å². The minimum atomic E-state index is -4.17. The highest BCUT2D eigenvalue weighted by molar-refractivity contribution is 7.89. The van der Waals surface area contributed by atoms with E-state index in [4.69, 9.17) is 0 Å². The predicted octanol–water partition coefficient (Wildman–Crippen LogP) is 1.82. The molecule has 1 heterocycles. The highest BCUT2D eigenvalue weighted by atomic mass is 32.2. The van der Waals surface area contributed by atoms with Gasteiger partial charge in [-0.25, -0.2) is 13.2 Å². The molecule has 36 heavy (non-hydrogen) atoms. The van der Waals surface area contributed by atoms with Gasteiger partial charge in [-0.05, 0) is 48.9 Å². The van der Waals surface area contributed by atoms with Crippen LogP contribution < -0.4 is 21.3 Å². The fourth-order valence-electron chi connectivity index (χ4n) is 4.85. The molecule has 3 aromatic rings. The molecule has 1 aromatic heterocycles. The number of amides is 1. The maximum atomic E-state index is 13.4. The second-order valence-electron chi connectivity index (χ2n) is 9.63. The third-order valence-electron chi connectivity index (χ3n) is 7.08. The lowest BCUT2D eigenvalue weighted by atomic mass is 9.86. The van der Waals surface area contributed by atoms with Crippen molar-refractivity contribution in [3.05, 3.63) is 74.9 Å². The maximum absolute atomic E-state index is 13.4. The van der Waals surface area contributed by atoms with Crippen LogP contribution >= 0.6 is 0 Å². The van der Waals surface area contributed by atoms with Crippen LogP contribution in [0.25, 0.3) is 10.9 Å². The lowest BCUT2D eigenvalue weighted by Crippen LogP contribution is -2.52. The smallest absolute Gasteiger partial charge is 0.330 e. The van der Waals surface area contributed by atoms with Gasteiger partial charge in [0.05, 0.1) is 15.8 Å². The maximum Gasteiger partial charge on any atom is 0.330 e. The van der Waals surface area contributed by atoms with Crippen molar-refractivity contribution in [1.82, 2.24) is 19.2 Å². The van der Waals surface area contributed by atoms with Crippen LogP contribution in [0.1, 0.15) is 38.2 Å². The molecule has 1 aliphatic carbocycles. The number of benzene rings is 2. The molecule has 10 heteroatoms. The number of fused-ring (bicyclic) bond motifs is 1. The van der Waals surface area contributed by atoms with Gasteiger partial charge < -0.3 is 5.32 Å². The van der Waals surface area contributed by atoms with E-state index in [1.54, 1.807) is 0 Å². The molecule has 0 saturated heterocycles. The Bertz CT molecular complexity index is 1490. The highest BCUT2D eigenvalue weighted by Gasteiger charge is 2.30. The topological polar surface area (TPSA) is 119 Å². The van der Waals surface area contributed by atoms with Gasteiger partial charge in [-0.1, -0.05) is 50.1 Å². The van der Waals surface area contributed by atoms with Crippen molar-refractivity contribution >= 4 is 26.8 Å². The van der Waals surface area contributed by atoms with Crippen LogP contribution in [0, 0.1) is 5.92 Å². The molecule has 1 amide bonds. The first-order valence-corrected chi connectivity index (χ1v) is 13.6. The zero-order valence-electron chi connectivity index (χ0n) is 20.7. The number of aryl methyl sites for hydroxylation is 1. The van der Waals surface area contributed by atoms with Crippen molar-refractivity contribution in [2.45, 2.75) is 56.0 Å². The summed E-state index contributed by atoms with van der Waals surface area (Å²) >= 11 is 0. The molecule has 192 valence electrons. The SMILES string of the molecule is C[C@@H]1CCCC[C@@H]1NC(=O)[C@H](Cc1ccccc1)NS(=O)(=O)c1ccc2c(c1)c(=O)n(C)c(=O)n2C. The fourth-order valence-corrected chi connectivity index (χ4v) is 6.07. The Morgan fingerprint density at radius 3 is 2.42 bits per heavy atom. The molecular formula is C26H32N4O5S. The van der Waals surface area contributed by atoms with Crippen LogP contribution in [-0.4, -0.2) is 35.5 Å². The van der Waals surface area contributed by atoms with Crippen LogP contribution in [0.15, 0.2) is 63.0 Å². The molecule has 1 saturated carbocycles. The first kappa shape index (κ1) is 25.8. The van der Waals surface area contributed by atoms with E-state index in [1.807, 2.05) is 30.3 Å². The summed E-state index contributed by atoms with van der Waals surface area (Å²) < 4.78 is 31.6. The Labute approximate surface area is 210 Å². The molecule has 0 spiro atoms. The van der Waals surface area contributed by atoms with Gasteiger partial charge in [0, 0.05) is 20.1 Å². The lowest BCUT2D eigenvalue weighted by Gasteiger charge is -2.31. The Hall–Kier alpha value is -3.24. The van der Waals surface area contributed by atoms with Crippen LogP contribution in [0.3, 0.4) is 0 Å². The third-order valence-corrected chi connectivity index (χ3v) is 8.55. The Balaban J connectivity index is 1.67. The van der Waals surface area contributed by atoms with E-state index in [0.29, 0.717) is 11.4 Å². The van der Waals surface area contributed by atoms with E-state index in [1.165, 1.54) is 36.9 Å². The molecule has 0 aliphatic heterocycles. The summed E-state index contributed by atoms with van der Waals surface area (Å²) in [7, 11) is -1.31. The van der Waals surface area contributed by atoms with Crippen LogP contribution in [0.2, 0.25) is 0 Å². The number of rotatable bonds is 7. The summed E-state index contributed by atoms with van der Waals surface area (Å²) in [5, 5.41) is 3.17. The minimum absolute atomic E-state index is 0.000921. The first-order valence-electron chi connectivity index (χ1n) is 12.1. The molecule has 2 aromatic carbocycles. The normalized spacial score (nSPS) is 19.2. The van der Waals surface area contributed by atoms with E-state index in [0.717, 1.165) is 35.8 Å². The number of hydrogen-bond acceptors (Lipinski definition) is 5. The van der Waals surface area contributed by atoms with Crippen molar-refractivity contribution in [2.24, 2.45) is 20.0 Å². The summed E-state index contributed by atoms with van der Waals surface area (Å²) in [6.07, 6.45) is 4.22. The third kappa shape index (κ3) is 5.29. The molecule has 3 atom stereocenters. The zero-order valence-corrected chi connectivity index (χ0v) is 21.5. The number of carbonyl (C=O) groups excluding carboxylic acids is 1. The van der Waals surface area contributed by atoms with Gasteiger partial charge >= 0.3 is 5.69 Å². The second-order valence-corrected chi connectivity index (χ2v) is 11.3. The summed E-state index contributed by atoms with van der Waals surface area (Å²) in [5.74, 6) is -0.0553. The van der Waals surface area contributed by atoms with E-state index >= 15 is 0 Å². The minimum Gasteiger partial charge on any atom is -0.352 e. The number of nitrogens with one attached hydrogen (secondary N) is 2. The van der Waals surface area contributed by atoms with Gasteiger partial charge in [-0.15, -0.1) is 0 Å². The Morgan fingerprint density at radius 1 is 1.03 bits per heavy atom. The van der Waals surface area contributed by atoms with E-state index in [2.05, 4.69) is 17.0 Å². The molecule has 0 bridgehead atoms. The molecule has 1 fully saturated rings. The summed E-state index contributed by atoms with van der Waals surface area (Å²) in [6.45, 7) is 2.10. The largest absolute Gasteiger partial charge is 0.352 e. The average molecular weight is 513 g/mol. The lowest BCUT2D eigenvalue weighted by molar-refractivity contribution is -0.124. The van der Waals surface area contributed by atoms with Crippen molar-refractivity contribution in [1.29, 1.82) is 0 Å². The number of carbonyl (C=O) groups is 1. The van der Waals surface area contributed by atoms with Gasteiger partial charge in [-0.2, -0.15) is 4.72 Å². The predicted molar refractivity (Wildman–Crippen MR) is 138 cm³/mol. The van der Waals surface area contributed by atoms with Crippen molar-refractivity contribution in [3.63, 3.8) is 0 Å². The fraction of sp³-hybridized carbons (Fsp3) is 0.423. The van der Waals surface area contributed by atoms with Crippen LogP contribution in [0.5, 0.6) is 0 Å². The van der Waals surface area contributed by atoms with Gasteiger partial charge in [0.25, 0.3) is 5.56 Å². The van der Waals surface area contributed by atoms with Crippen LogP contribution in [0.4, 0.5) is 0 Å². The van der Waals surface area contributed by atoms with Gasteiger partial charge in [-0.3, -0.25) is 18.7 Å². The van der Waals surface area contributed by atoms with Crippen molar-refractivity contribution in [2.75, 3.05) is 0 Å². The first-order chi connectivity index (χ1) is 17.1. The van der Waals surface area contributed by atoms with E-state index < -0.39 is 27.3 Å². The molecular weight excluding hydrogens is 480 g/mol. The van der Waals surface area contributed by atoms with Crippen molar-refractivity contribution < 1.29 is 13.2 Å². The monoisotopic (exact) mass is 512 g/mol. The number of hydrogen-bond donors (Lipinski definition) is 2. The summed E-state index contributed by atoms with van der Waals surface area (Å²) in [6, 6.07) is 12.2. The zero-order chi connectivity index (χ0) is 26.0. The van der Waals surface area contributed by atoms with Gasteiger partial charge in [0.15, 0.2) is 0 Å².